The van der Waals surface area contributed by atoms with Crippen LogP contribution in [0.2, 0.25) is 0 Å². The van der Waals surface area contributed by atoms with Gasteiger partial charge in [-0.2, -0.15) is 13.2 Å². The Morgan fingerprint density at radius 2 is 1.65 bits per heavy atom. The molecule has 1 saturated heterocycles. The topological polar surface area (TPSA) is 77.6 Å². The molecule has 1 amide bonds. The molecule has 2 aromatic rings. The SMILES string of the molecule is CC(C)(C)NC(=NC1CC(c2ccccc2)NN1)NC(=O)c1ccc(C(F)(F)F)cc1. The number of carbonyl (C=O) groups excluding carboxylic acids is 1. The molecule has 31 heavy (non-hydrogen) atoms. The molecular weight excluding hydrogens is 407 g/mol. The quantitative estimate of drug-likeness (QED) is 0.439. The Bertz CT molecular complexity index is 921. The largest absolute Gasteiger partial charge is 0.416 e. The first kappa shape index (κ1) is 22.8. The number of aliphatic imine (C=N–C) groups is 1. The van der Waals surface area contributed by atoms with Gasteiger partial charge in [0.15, 0.2) is 5.96 Å². The molecule has 166 valence electrons. The maximum Gasteiger partial charge on any atom is 0.416 e. The number of halogens is 3. The highest BCUT2D eigenvalue weighted by Gasteiger charge is 2.30. The van der Waals surface area contributed by atoms with Crippen LogP contribution >= 0.6 is 0 Å². The smallest absolute Gasteiger partial charge is 0.351 e. The van der Waals surface area contributed by atoms with Crippen LogP contribution in [0.1, 0.15) is 54.7 Å². The molecule has 1 aliphatic rings. The summed E-state index contributed by atoms with van der Waals surface area (Å²) in [6, 6.07) is 14.0. The average Bonchev–Trinajstić information content (AvgIpc) is 3.15. The maximum absolute atomic E-state index is 12.8. The Morgan fingerprint density at radius 1 is 1.00 bits per heavy atom. The summed E-state index contributed by atoms with van der Waals surface area (Å²) in [5.41, 5.74) is 6.32. The lowest BCUT2D eigenvalue weighted by Crippen LogP contribution is -2.50. The zero-order valence-corrected chi connectivity index (χ0v) is 17.5. The summed E-state index contributed by atoms with van der Waals surface area (Å²) in [4.78, 5) is 17.2. The molecule has 2 unspecified atom stereocenters. The second kappa shape index (κ2) is 9.07. The van der Waals surface area contributed by atoms with E-state index < -0.39 is 23.2 Å². The van der Waals surface area contributed by atoms with Crippen molar-refractivity contribution in [1.82, 2.24) is 21.5 Å². The van der Waals surface area contributed by atoms with Crippen molar-refractivity contribution in [1.29, 1.82) is 0 Å². The maximum atomic E-state index is 12.8. The van der Waals surface area contributed by atoms with E-state index in [9.17, 15) is 18.0 Å². The standard InChI is InChI=1S/C22H26F3N5O/c1-21(2,3)28-20(26-18-13-17(29-30-18)14-7-5-4-6-8-14)27-19(31)15-9-11-16(12-10-15)22(23,24)25/h4-12,17-18,29-30H,13H2,1-3H3,(H2,26,27,28,31). The van der Waals surface area contributed by atoms with Gasteiger partial charge in [0, 0.05) is 23.6 Å². The van der Waals surface area contributed by atoms with Crippen LogP contribution in [0.4, 0.5) is 13.2 Å². The van der Waals surface area contributed by atoms with Crippen molar-refractivity contribution in [2.75, 3.05) is 0 Å². The lowest BCUT2D eigenvalue weighted by molar-refractivity contribution is -0.137. The second-order valence-corrected chi connectivity index (χ2v) is 8.39. The molecule has 0 aromatic heterocycles. The Labute approximate surface area is 179 Å². The first-order valence-corrected chi connectivity index (χ1v) is 9.92. The zero-order valence-electron chi connectivity index (χ0n) is 17.5. The lowest BCUT2D eigenvalue weighted by Gasteiger charge is -2.24. The number of hydrogen-bond donors (Lipinski definition) is 4. The fourth-order valence-electron chi connectivity index (χ4n) is 3.12. The molecule has 0 spiro atoms. The molecule has 0 aliphatic carbocycles. The normalized spacial score (nSPS) is 19.9. The molecule has 0 bridgehead atoms. The number of rotatable bonds is 3. The van der Waals surface area contributed by atoms with Crippen molar-refractivity contribution in [3.8, 4) is 0 Å². The highest BCUT2D eigenvalue weighted by Crippen LogP contribution is 2.29. The van der Waals surface area contributed by atoms with Gasteiger partial charge in [-0.1, -0.05) is 30.3 Å². The number of guanidine groups is 1. The Hall–Kier alpha value is -2.91. The van der Waals surface area contributed by atoms with E-state index in [1.165, 1.54) is 0 Å². The molecule has 0 saturated carbocycles. The number of nitrogens with one attached hydrogen (secondary N) is 4. The molecule has 2 aromatic carbocycles. The van der Waals surface area contributed by atoms with E-state index in [4.69, 9.17) is 0 Å². The van der Waals surface area contributed by atoms with E-state index in [-0.39, 0.29) is 23.7 Å². The lowest BCUT2D eigenvalue weighted by atomic mass is 10.1. The number of amides is 1. The van der Waals surface area contributed by atoms with Gasteiger partial charge in [0.05, 0.1) is 5.56 Å². The number of nitrogens with zero attached hydrogens (tertiary/aromatic N) is 1. The van der Waals surface area contributed by atoms with E-state index in [1.807, 2.05) is 51.1 Å². The van der Waals surface area contributed by atoms with Crippen LogP contribution in [0.25, 0.3) is 0 Å². The van der Waals surface area contributed by atoms with E-state index >= 15 is 0 Å². The van der Waals surface area contributed by atoms with Crippen molar-refractivity contribution in [3.05, 3.63) is 71.3 Å². The van der Waals surface area contributed by atoms with Crippen LogP contribution in [0.5, 0.6) is 0 Å². The Kier molecular flexibility index (Phi) is 6.66. The summed E-state index contributed by atoms with van der Waals surface area (Å²) in [7, 11) is 0. The van der Waals surface area contributed by atoms with Crippen molar-refractivity contribution in [2.24, 2.45) is 4.99 Å². The minimum Gasteiger partial charge on any atom is -0.351 e. The van der Waals surface area contributed by atoms with Crippen molar-refractivity contribution < 1.29 is 18.0 Å². The van der Waals surface area contributed by atoms with Crippen molar-refractivity contribution >= 4 is 11.9 Å². The number of hydrogen-bond acceptors (Lipinski definition) is 4. The number of alkyl halides is 3. The van der Waals surface area contributed by atoms with Crippen LogP contribution in [0, 0.1) is 0 Å². The first-order chi connectivity index (χ1) is 14.5. The highest BCUT2D eigenvalue weighted by atomic mass is 19.4. The van der Waals surface area contributed by atoms with Gasteiger partial charge >= 0.3 is 6.18 Å². The average molecular weight is 433 g/mol. The summed E-state index contributed by atoms with van der Waals surface area (Å²) in [5.74, 6) is -0.305. The van der Waals surface area contributed by atoms with Crippen LogP contribution in [-0.4, -0.2) is 23.6 Å². The van der Waals surface area contributed by atoms with Gasteiger partial charge in [0.2, 0.25) is 0 Å². The Balaban J connectivity index is 1.72. The predicted octanol–water partition coefficient (Wildman–Crippen LogP) is 3.74. The van der Waals surface area contributed by atoms with Crippen LogP contribution in [-0.2, 0) is 6.18 Å². The van der Waals surface area contributed by atoms with E-state index in [2.05, 4.69) is 26.5 Å². The summed E-state index contributed by atoms with van der Waals surface area (Å²) < 4.78 is 38.3. The van der Waals surface area contributed by atoms with Gasteiger partial charge in [0.25, 0.3) is 5.91 Å². The van der Waals surface area contributed by atoms with Crippen LogP contribution in [0.15, 0.2) is 59.6 Å². The van der Waals surface area contributed by atoms with Crippen molar-refractivity contribution in [3.63, 3.8) is 0 Å². The van der Waals surface area contributed by atoms with Gasteiger partial charge < -0.3 is 5.32 Å². The third-order valence-electron chi connectivity index (χ3n) is 4.57. The van der Waals surface area contributed by atoms with Gasteiger partial charge in [-0.05, 0) is 50.6 Å². The molecule has 3 rings (SSSR count). The molecule has 0 radical (unpaired) electrons. The molecule has 1 heterocycles. The second-order valence-electron chi connectivity index (χ2n) is 8.39. The third-order valence-corrected chi connectivity index (χ3v) is 4.57. The number of hydrazine groups is 1. The number of benzene rings is 2. The molecular formula is C22H26F3N5O. The molecule has 4 N–H and O–H groups in total. The number of carbonyl (C=O) groups is 1. The van der Waals surface area contributed by atoms with Gasteiger partial charge in [-0.25, -0.2) is 15.8 Å². The predicted molar refractivity (Wildman–Crippen MR) is 113 cm³/mol. The first-order valence-electron chi connectivity index (χ1n) is 9.92. The molecule has 2 atom stereocenters. The minimum absolute atomic E-state index is 0.0662. The van der Waals surface area contributed by atoms with E-state index in [1.54, 1.807) is 0 Å². The summed E-state index contributed by atoms with van der Waals surface area (Å²) in [6.07, 6.45) is -4.09. The van der Waals surface area contributed by atoms with Gasteiger partial charge in [-0.15, -0.1) is 0 Å². The summed E-state index contributed by atoms with van der Waals surface area (Å²) in [6.45, 7) is 5.75. The zero-order chi connectivity index (χ0) is 22.6. The third kappa shape index (κ3) is 6.53. The van der Waals surface area contributed by atoms with Gasteiger partial charge in [-0.3, -0.25) is 10.1 Å². The van der Waals surface area contributed by atoms with Crippen molar-refractivity contribution in [2.45, 2.75) is 51.1 Å². The van der Waals surface area contributed by atoms with Gasteiger partial charge in [0.1, 0.15) is 6.17 Å². The summed E-state index contributed by atoms with van der Waals surface area (Å²) >= 11 is 0. The fraction of sp³-hybridized carbons (Fsp3) is 0.364. The molecule has 9 heteroatoms. The Morgan fingerprint density at radius 3 is 2.23 bits per heavy atom. The molecule has 6 nitrogen and oxygen atoms in total. The molecule has 1 fully saturated rings. The van der Waals surface area contributed by atoms with E-state index in [0.717, 1.165) is 29.8 Å². The van der Waals surface area contributed by atoms with Crippen LogP contribution in [0.3, 0.4) is 0 Å². The fourth-order valence-corrected chi connectivity index (χ4v) is 3.12. The minimum atomic E-state index is -4.45. The molecule has 1 aliphatic heterocycles. The monoisotopic (exact) mass is 433 g/mol. The van der Waals surface area contributed by atoms with Crippen LogP contribution < -0.4 is 21.5 Å². The highest BCUT2D eigenvalue weighted by molar-refractivity contribution is 6.05. The summed E-state index contributed by atoms with van der Waals surface area (Å²) in [5, 5.41) is 5.82. The van der Waals surface area contributed by atoms with E-state index in [0.29, 0.717) is 6.42 Å².